The van der Waals surface area contributed by atoms with E-state index in [1.54, 1.807) is 11.3 Å². The first-order valence-electron chi connectivity index (χ1n) is 7.61. The molecular formula is C18H16N4S. The zero-order valence-corrected chi connectivity index (χ0v) is 13.8. The topological polar surface area (TPSA) is 43.6 Å². The zero-order valence-electron chi connectivity index (χ0n) is 13.0. The Labute approximate surface area is 138 Å². The monoisotopic (exact) mass is 320 g/mol. The van der Waals surface area contributed by atoms with Gasteiger partial charge in [-0.2, -0.15) is 5.10 Å². The summed E-state index contributed by atoms with van der Waals surface area (Å²) in [6.45, 7) is 4.15. The number of rotatable bonds is 3. The molecule has 4 rings (SSSR count). The Bertz CT molecular complexity index is 951. The van der Waals surface area contributed by atoms with E-state index in [2.05, 4.69) is 28.1 Å². The largest absolute Gasteiger partial charge is 0.263 e. The van der Waals surface area contributed by atoms with Gasteiger partial charge in [0.1, 0.15) is 0 Å². The van der Waals surface area contributed by atoms with Crippen molar-refractivity contribution in [2.75, 3.05) is 0 Å². The van der Waals surface area contributed by atoms with E-state index < -0.39 is 0 Å². The Kier molecular flexibility index (Phi) is 3.42. The lowest BCUT2D eigenvalue weighted by Crippen LogP contribution is -2.02. The minimum atomic E-state index is 0.857. The standard InChI is InChI=1S/C18H16N4S/c1-3-13-10-20-22(17-6-4-5-12(2)21-17)18(13)15-9-14-7-8-19-11-16(14)23-15/h4-11H,3H2,1-2H3. The van der Waals surface area contributed by atoms with Crippen LogP contribution in [0, 0.1) is 6.92 Å². The maximum absolute atomic E-state index is 4.62. The Hall–Kier alpha value is -2.53. The summed E-state index contributed by atoms with van der Waals surface area (Å²) in [7, 11) is 0. The van der Waals surface area contributed by atoms with Gasteiger partial charge >= 0.3 is 0 Å². The number of nitrogens with zero attached hydrogens (tertiary/aromatic N) is 4. The van der Waals surface area contributed by atoms with Crippen LogP contribution in [0.5, 0.6) is 0 Å². The van der Waals surface area contributed by atoms with Gasteiger partial charge in [-0.25, -0.2) is 9.67 Å². The number of aromatic nitrogens is 4. The molecule has 0 amide bonds. The molecule has 23 heavy (non-hydrogen) atoms. The third kappa shape index (κ3) is 2.43. The normalized spacial score (nSPS) is 11.2. The third-order valence-electron chi connectivity index (χ3n) is 3.87. The molecular weight excluding hydrogens is 304 g/mol. The van der Waals surface area contributed by atoms with Crippen molar-refractivity contribution in [1.29, 1.82) is 0 Å². The summed E-state index contributed by atoms with van der Waals surface area (Å²) in [5, 5.41) is 5.80. The average molecular weight is 320 g/mol. The number of hydrogen-bond acceptors (Lipinski definition) is 4. The highest BCUT2D eigenvalue weighted by Crippen LogP contribution is 2.35. The molecule has 4 heterocycles. The fraction of sp³-hybridized carbons (Fsp3) is 0.167. The number of fused-ring (bicyclic) bond motifs is 1. The molecule has 0 aliphatic rings. The summed E-state index contributed by atoms with van der Waals surface area (Å²) in [6, 6.07) is 10.3. The van der Waals surface area contributed by atoms with Crippen molar-refractivity contribution in [3.05, 3.63) is 60.2 Å². The summed E-state index contributed by atoms with van der Waals surface area (Å²) in [6.07, 6.45) is 6.63. The lowest BCUT2D eigenvalue weighted by Gasteiger charge is -2.07. The molecule has 4 aromatic rings. The van der Waals surface area contributed by atoms with E-state index in [0.717, 1.165) is 23.6 Å². The first kappa shape index (κ1) is 14.1. The Morgan fingerprint density at radius 1 is 1.17 bits per heavy atom. The quantitative estimate of drug-likeness (QED) is 0.561. The molecule has 114 valence electrons. The van der Waals surface area contributed by atoms with Crippen LogP contribution >= 0.6 is 11.3 Å². The van der Waals surface area contributed by atoms with Crippen molar-refractivity contribution < 1.29 is 0 Å². The van der Waals surface area contributed by atoms with Gasteiger partial charge in [-0.3, -0.25) is 4.98 Å². The van der Waals surface area contributed by atoms with Crippen LogP contribution in [0.15, 0.2) is 48.9 Å². The summed E-state index contributed by atoms with van der Waals surface area (Å²) >= 11 is 1.75. The van der Waals surface area contributed by atoms with Gasteiger partial charge in [-0.15, -0.1) is 11.3 Å². The summed E-state index contributed by atoms with van der Waals surface area (Å²) in [4.78, 5) is 10.0. The van der Waals surface area contributed by atoms with E-state index in [1.807, 2.05) is 54.5 Å². The maximum Gasteiger partial charge on any atom is 0.154 e. The van der Waals surface area contributed by atoms with Crippen LogP contribution in [0.25, 0.3) is 26.5 Å². The van der Waals surface area contributed by atoms with Gasteiger partial charge < -0.3 is 0 Å². The lowest BCUT2D eigenvalue weighted by molar-refractivity contribution is 0.849. The molecule has 4 aromatic heterocycles. The van der Waals surface area contributed by atoms with Crippen LogP contribution in [0.2, 0.25) is 0 Å². The highest BCUT2D eigenvalue weighted by Gasteiger charge is 2.16. The summed E-state index contributed by atoms with van der Waals surface area (Å²) < 4.78 is 3.14. The van der Waals surface area contributed by atoms with E-state index in [1.165, 1.54) is 20.5 Å². The fourth-order valence-corrected chi connectivity index (χ4v) is 3.82. The first-order chi connectivity index (χ1) is 11.3. The zero-order chi connectivity index (χ0) is 15.8. The SMILES string of the molecule is CCc1cnn(-c2cccc(C)n2)c1-c1cc2ccncc2s1. The second-order valence-corrected chi connectivity index (χ2v) is 6.53. The van der Waals surface area contributed by atoms with E-state index in [-0.39, 0.29) is 0 Å². The summed E-state index contributed by atoms with van der Waals surface area (Å²) in [5.41, 5.74) is 3.35. The second kappa shape index (κ2) is 5.59. The highest BCUT2D eigenvalue weighted by molar-refractivity contribution is 7.22. The minimum Gasteiger partial charge on any atom is -0.263 e. The van der Waals surface area contributed by atoms with Gasteiger partial charge in [0.15, 0.2) is 5.82 Å². The van der Waals surface area contributed by atoms with E-state index in [9.17, 15) is 0 Å². The van der Waals surface area contributed by atoms with Crippen molar-refractivity contribution in [2.24, 2.45) is 0 Å². The molecule has 0 aliphatic heterocycles. The molecule has 0 spiro atoms. The molecule has 5 heteroatoms. The van der Waals surface area contributed by atoms with Crippen LogP contribution in [-0.4, -0.2) is 19.7 Å². The molecule has 0 saturated heterocycles. The Balaban J connectivity index is 1.95. The smallest absolute Gasteiger partial charge is 0.154 e. The minimum absolute atomic E-state index is 0.857. The Morgan fingerprint density at radius 2 is 2.09 bits per heavy atom. The van der Waals surface area contributed by atoms with E-state index in [4.69, 9.17) is 0 Å². The molecule has 0 radical (unpaired) electrons. The summed E-state index contributed by atoms with van der Waals surface area (Å²) in [5.74, 6) is 0.857. The number of aryl methyl sites for hydroxylation is 2. The fourth-order valence-electron chi connectivity index (χ4n) is 2.73. The molecule has 0 aromatic carbocycles. The number of hydrogen-bond donors (Lipinski definition) is 0. The molecule has 0 atom stereocenters. The Morgan fingerprint density at radius 3 is 2.87 bits per heavy atom. The molecule has 0 N–H and O–H groups in total. The maximum atomic E-state index is 4.62. The van der Waals surface area contributed by atoms with Crippen LogP contribution in [-0.2, 0) is 6.42 Å². The number of thiophene rings is 1. The van der Waals surface area contributed by atoms with Gasteiger partial charge in [0.2, 0.25) is 0 Å². The van der Waals surface area contributed by atoms with Crippen LogP contribution < -0.4 is 0 Å². The van der Waals surface area contributed by atoms with Crippen molar-refractivity contribution in [1.82, 2.24) is 19.7 Å². The predicted molar refractivity (Wildman–Crippen MR) is 94.1 cm³/mol. The average Bonchev–Trinajstić information content (AvgIpc) is 3.18. The molecule has 0 saturated carbocycles. The van der Waals surface area contributed by atoms with Crippen molar-refractivity contribution in [3.63, 3.8) is 0 Å². The molecule has 4 nitrogen and oxygen atoms in total. The van der Waals surface area contributed by atoms with Crippen molar-refractivity contribution in [3.8, 4) is 16.4 Å². The van der Waals surface area contributed by atoms with E-state index >= 15 is 0 Å². The molecule has 0 aliphatic carbocycles. The predicted octanol–water partition coefficient (Wildman–Crippen LogP) is 4.41. The van der Waals surface area contributed by atoms with Crippen molar-refractivity contribution >= 4 is 21.4 Å². The molecule has 0 bridgehead atoms. The van der Waals surface area contributed by atoms with Gasteiger partial charge in [0.25, 0.3) is 0 Å². The third-order valence-corrected chi connectivity index (χ3v) is 4.97. The highest BCUT2D eigenvalue weighted by atomic mass is 32.1. The van der Waals surface area contributed by atoms with Gasteiger partial charge in [0, 0.05) is 18.1 Å². The van der Waals surface area contributed by atoms with Gasteiger partial charge in [0.05, 0.1) is 21.5 Å². The van der Waals surface area contributed by atoms with Gasteiger partial charge in [-0.05, 0) is 48.6 Å². The van der Waals surface area contributed by atoms with E-state index in [0.29, 0.717) is 0 Å². The second-order valence-electron chi connectivity index (χ2n) is 5.45. The van der Waals surface area contributed by atoms with Crippen LogP contribution in [0.4, 0.5) is 0 Å². The molecule has 0 fully saturated rings. The van der Waals surface area contributed by atoms with Crippen molar-refractivity contribution in [2.45, 2.75) is 20.3 Å². The number of pyridine rings is 2. The first-order valence-corrected chi connectivity index (χ1v) is 8.43. The lowest BCUT2D eigenvalue weighted by atomic mass is 10.1. The van der Waals surface area contributed by atoms with Gasteiger partial charge in [-0.1, -0.05) is 13.0 Å². The van der Waals surface area contributed by atoms with Crippen LogP contribution in [0.1, 0.15) is 18.2 Å². The molecule has 0 unspecified atom stereocenters. The van der Waals surface area contributed by atoms with Crippen LogP contribution in [0.3, 0.4) is 0 Å².